The highest BCUT2D eigenvalue weighted by molar-refractivity contribution is 5.72. The van der Waals surface area contributed by atoms with Crippen LogP contribution < -0.4 is 5.32 Å². The van der Waals surface area contributed by atoms with Crippen LogP contribution in [-0.2, 0) is 9.53 Å². The fourth-order valence-electron chi connectivity index (χ4n) is 3.44. The van der Waals surface area contributed by atoms with Crippen molar-refractivity contribution in [3.05, 3.63) is 35.6 Å². The molecule has 4 unspecified atom stereocenters. The average molecular weight is 275 g/mol. The maximum Gasteiger partial charge on any atom is 0.332 e. The quantitative estimate of drug-likeness (QED) is 0.773. The Bertz CT molecular complexity index is 492. The predicted octanol–water partition coefficient (Wildman–Crippen LogP) is 2.39. The number of carboxylic acid groups (broad SMARTS) is 1. The summed E-state index contributed by atoms with van der Waals surface area (Å²) in [5.74, 6) is -0.411. The first-order valence-electron chi connectivity index (χ1n) is 7.42. The minimum Gasteiger partial charge on any atom is -0.479 e. The van der Waals surface area contributed by atoms with Crippen LogP contribution in [0.15, 0.2) is 35.6 Å². The number of nitrogens with one attached hydrogen (secondary N) is 1. The number of hydrogen-bond acceptors (Lipinski definition) is 3. The van der Waals surface area contributed by atoms with Crippen LogP contribution in [-0.4, -0.2) is 29.3 Å². The lowest BCUT2D eigenvalue weighted by Gasteiger charge is -2.29. The van der Waals surface area contributed by atoms with Crippen LogP contribution in [0.3, 0.4) is 0 Å². The van der Waals surface area contributed by atoms with Gasteiger partial charge >= 0.3 is 5.97 Å². The molecule has 4 nitrogen and oxygen atoms in total. The SMILES string of the molecule is CCC(OC1CC=CC2=C1C1CCC=CC1N2)C(=O)O. The Kier molecular flexibility index (Phi) is 3.66. The van der Waals surface area contributed by atoms with Crippen molar-refractivity contribution in [2.75, 3.05) is 0 Å². The second-order valence-electron chi connectivity index (χ2n) is 5.65. The Morgan fingerprint density at radius 2 is 2.40 bits per heavy atom. The molecule has 108 valence electrons. The molecular weight excluding hydrogens is 254 g/mol. The molecule has 0 radical (unpaired) electrons. The number of ether oxygens (including phenoxy) is 1. The van der Waals surface area contributed by atoms with Gasteiger partial charge in [0.2, 0.25) is 0 Å². The number of allylic oxidation sites excluding steroid dienone is 2. The summed E-state index contributed by atoms with van der Waals surface area (Å²) in [6.07, 6.45) is 11.3. The maximum atomic E-state index is 11.2. The molecule has 0 amide bonds. The monoisotopic (exact) mass is 275 g/mol. The maximum absolute atomic E-state index is 11.2. The predicted molar refractivity (Wildman–Crippen MR) is 76.2 cm³/mol. The summed E-state index contributed by atoms with van der Waals surface area (Å²) in [5, 5.41) is 12.7. The van der Waals surface area contributed by atoms with Gasteiger partial charge in [-0.05, 0) is 37.3 Å². The second kappa shape index (κ2) is 5.44. The minimum absolute atomic E-state index is 0.0925. The molecule has 3 aliphatic rings. The third-order valence-corrected chi connectivity index (χ3v) is 4.41. The fourth-order valence-corrected chi connectivity index (χ4v) is 3.44. The van der Waals surface area contributed by atoms with Gasteiger partial charge in [-0.3, -0.25) is 0 Å². The highest BCUT2D eigenvalue weighted by atomic mass is 16.5. The topological polar surface area (TPSA) is 58.6 Å². The zero-order valence-electron chi connectivity index (χ0n) is 11.7. The van der Waals surface area contributed by atoms with Gasteiger partial charge in [0.25, 0.3) is 0 Å². The second-order valence-corrected chi connectivity index (χ2v) is 5.65. The Morgan fingerprint density at radius 1 is 1.55 bits per heavy atom. The van der Waals surface area contributed by atoms with Gasteiger partial charge < -0.3 is 15.2 Å². The Balaban J connectivity index is 1.81. The van der Waals surface area contributed by atoms with Gasteiger partial charge in [0.05, 0.1) is 12.1 Å². The van der Waals surface area contributed by atoms with E-state index in [2.05, 4.69) is 29.6 Å². The smallest absolute Gasteiger partial charge is 0.332 e. The molecule has 4 heteroatoms. The van der Waals surface area contributed by atoms with Crippen molar-refractivity contribution in [1.82, 2.24) is 5.32 Å². The first-order valence-corrected chi connectivity index (χ1v) is 7.42. The summed E-state index contributed by atoms with van der Waals surface area (Å²) in [5.41, 5.74) is 2.42. The molecule has 1 heterocycles. The van der Waals surface area contributed by atoms with Gasteiger partial charge in [0, 0.05) is 11.6 Å². The van der Waals surface area contributed by atoms with Gasteiger partial charge in [-0.2, -0.15) is 0 Å². The molecule has 0 saturated heterocycles. The van der Waals surface area contributed by atoms with E-state index < -0.39 is 12.1 Å². The standard InChI is InChI=1S/C16H21NO3/c1-2-13(16(18)19)20-14-9-5-8-12-15(14)10-6-3-4-7-11(10)17-12/h4-5,7-8,10-11,13-14,17H,2-3,6,9H2,1H3,(H,18,19). The van der Waals surface area contributed by atoms with Gasteiger partial charge in [-0.15, -0.1) is 0 Å². The van der Waals surface area contributed by atoms with Crippen LogP contribution in [0.1, 0.15) is 32.6 Å². The van der Waals surface area contributed by atoms with Crippen LogP contribution >= 0.6 is 0 Å². The third-order valence-electron chi connectivity index (χ3n) is 4.41. The van der Waals surface area contributed by atoms with Crippen LogP contribution in [0.4, 0.5) is 0 Å². The number of carboxylic acids is 1. The molecular formula is C16H21NO3. The van der Waals surface area contributed by atoms with Crippen molar-refractivity contribution in [1.29, 1.82) is 0 Å². The van der Waals surface area contributed by atoms with E-state index in [1.165, 1.54) is 5.57 Å². The summed E-state index contributed by atoms with van der Waals surface area (Å²) in [6, 6.07) is 0.354. The van der Waals surface area contributed by atoms with Crippen LogP contribution in [0.25, 0.3) is 0 Å². The molecule has 3 rings (SSSR count). The number of rotatable bonds is 4. The summed E-state index contributed by atoms with van der Waals surface area (Å²) in [7, 11) is 0. The largest absolute Gasteiger partial charge is 0.479 e. The highest BCUT2D eigenvalue weighted by Gasteiger charge is 2.39. The fraction of sp³-hybridized carbons (Fsp3) is 0.562. The van der Waals surface area contributed by atoms with Gasteiger partial charge in [0.1, 0.15) is 0 Å². The number of aliphatic carboxylic acids is 1. The normalized spacial score (nSPS) is 32.5. The lowest BCUT2D eigenvalue weighted by molar-refractivity contribution is -0.153. The van der Waals surface area contributed by atoms with E-state index in [1.54, 1.807) is 0 Å². The lowest BCUT2D eigenvalue weighted by atomic mass is 9.81. The van der Waals surface area contributed by atoms with Crippen LogP contribution in [0.2, 0.25) is 0 Å². The average Bonchev–Trinajstić information content (AvgIpc) is 2.83. The van der Waals surface area contributed by atoms with E-state index in [-0.39, 0.29) is 6.10 Å². The van der Waals surface area contributed by atoms with E-state index >= 15 is 0 Å². The molecule has 0 aromatic rings. The van der Waals surface area contributed by atoms with E-state index in [0.29, 0.717) is 18.4 Å². The van der Waals surface area contributed by atoms with E-state index in [0.717, 1.165) is 25.0 Å². The zero-order chi connectivity index (χ0) is 14.1. The minimum atomic E-state index is -0.866. The van der Waals surface area contributed by atoms with Crippen LogP contribution in [0, 0.1) is 5.92 Å². The molecule has 4 atom stereocenters. The first-order chi connectivity index (χ1) is 9.70. The van der Waals surface area contributed by atoms with E-state index in [4.69, 9.17) is 4.74 Å². The molecule has 2 N–H and O–H groups in total. The van der Waals surface area contributed by atoms with Crippen molar-refractivity contribution in [2.24, 2.45) is 5.92 Å². The summed E-state index contributed by atoms with van der Waals surface area (Å²) in [6.45, 7) is 1.85. The molecule has 1 aliphatic heterocycles. The Labute approximate surface area is 119 Å². The molecule has 0 fully saturated rings. The van der Waals surface area contributed by atoms with Crippen molar-refractivity contribution in [3.63, 3.8) is 0 Å². The third kappa shape index (κ3) is 2.29. The van der Waals surface area contributed by atoms with Crippen molar-refractivity contribution < 1.29 is 14.6 Å². The molecule has 2 aliphatic carbocycles. The van der Waals surface area contributed by atoms with Crippen molar-refractivity contribution in [3.8, 4) is 0 Å². The number of fused-ring (bicyclic) bond motifs is 2. The van der Waals surface area contributed by atoms with E-state index in [9.17, 15) is 9.90 Å². The lowest BCUT2D eigenvalue weighted by Crippen LogP contribution is -2.33. The Hall–Kier alpha value is -1.55. The van der Waals surface area contributed by atoms with Gasteiger partial charge in [-0.25, -0.2) is 4.79 Å². The van der Waals surface area contributed by atoms with Gasteiger partial charge in [-0.1, -0.05) is 25.2 Å². The van der Waals surface area contributed by atoms with Gasteiger partial charge in [0.15, 0.2) is 6.10 Å². The zero-order valence-corrected chi connectivity index (χ0v) is 11.7. The van der Waals surface area contributed by atoms with Crippen molar-refractivity contribution in [2.45, 2.75) is 50.9 Å². The molecule has 20 heavy (non-hydrogen) atoms. The highest BCUT2D eigenvalue weighted by Crippen LogP contribution is 2.40. The molecule has 0 spiro atoms. The molecule has 0 saturated carbocycles. The van der Waals surface area contributed by atoms with Crippen LogP contribution in [0.5, 0.6) is 0 Å². The van der Waals surface area contributed by atoms with E-state index in [1.807, 2.05) is 6.92 Å². The number of hydrogen-bond donors (Lipinski definition) is 2. The Morgan fingerprint density at radius 3 is 3.15 bits per heavy atom. The molecule has 0 bridgehead atoms. The summed E-state index contributed by atoms with van der Waals surface area (Å²) in [4.78, 5) is 11.2. The number of carbonyl (C=O) groups is 1. The molecule has 0 aromatic heterocycles. The first kappa shape index (κ1) is 13.4. The van der Waals surface area contributed by atoms with Crippen molar-refractivity contribution >= 4 is 5.97 Å². The summed E-state index contributed by atoms with van der Waals surface area (Å²) >= 11 is 0. The summed E-state index contributed by atoms with van der Waals surface area (Å²) < 4.78 is 5.89. The molecule has 0 aromatic carbocycles.